The fourth-order valence-corrected chi connectivity index (χ4v) is 6.38. The molecule has 43 heavy (non-hydrogen) atoms. The normalized spacial score (nSPS) is 18.1. The maximum absolute atomic E-state index is 12.4. The summed E-state index contributed by atoms with van der Waals surface area (Å²) < 4.78 is 14.7. The molecular weight excluding hydrogens is 624 g/mol. The van der Waals surface area contributed by atoms with Gasteiger partial charge in [-0.2, -0.15) is 5.10 Å². The molecule has 0 bridgehead atoms. The molecule has 1 amide bonds. The first-order valence-electron chi connectivity index (χ1n) is 15.0. The average molecular weight is 672 g/mol. The second kappa shape index (κ2) is 12.5. The van der Waals surface area contributed by atoms with Gasteiger partial charge in [0, 0.05) is 22.8 Å². The number of nitrogens with one attached hydrogen (secondary N) is 2. The van der Waals surface area contributed by atoms with Crippen molar-refractivity contribution in [3.63, 3.8) is 0 Å². The van der Waals surface area contributed by atoms with Crippen molar-refractivity contribution in [3.05, 3.63) is 52.3 Å². The number of hydrogen-bond donors (Lipinski definition) is 3. The first kappa shape index (κ1) is 32.9. The van der Waals surface area contributed by atoms with Crippen LogP contribution in [0.3, 0.4) is 0 Å². The minimum atomic E-state index is -1.97. The lowest BCUT2D eigenvalue weighted by Crippen LogP contribution is -2.43. The largest absolute Gasteiger partial charge is 0.543 e. The molecule has 0 saturated heterocycles. The number of carbonyl (C=O) groups is 1. The number of nitrogens with two attached hydrogens (primary N) is 1. The number of aliphatic imine (C=N–C) groups is 1. The van der Waals surface area contributed by atoms with Gasteiger partial charge < -0.3 is 25.5 Å². The molecule has 0 spiro atoms. The highest BCUT2D eigenvalue weighted by Gasteiger charge is 2.39. The fourth-order valence-electron chi connectivity index (χ4n) is 4.95. The van der Waals surface area contributed by atoms with Crippen LogP contribution in [0.5, 0.6) is 5.75 Å². The number of alkyl carbamates (subject to hydrolysis) is 1. The first-order chi connectivity index (χ1) is 20.0. The highest BCUT2D eigenvalue weighted by Crippen LogP contribution is 2.38. The van der Waals surface area contributed by atoms with Crippen LogP contribution in [0.1, 0.15) is 78.9 Å². The Labute approximate surface area is 265 Å². The van der Waals surface area contributed by atoms with Crippen molar-refractivity contribution in [2.45, 2.75) is 110 Å². The monoisotopic (exact) mass is 670 g/mol. The van der Waals surface area contributed by atoms with Gasteiger partial charge in [0.05, 0.1) is 28.7 Å². The van der Waals surface area contributed by atoms with Crippen LogP contribution in [0.2, 0.25) is 18.1 Å². The van der Waals surface area contributed by atoms with Crippen molar-refractivity contribution >= 4 is 53.1 Å². The number of amides is 1. The van der Waals surface area contributed by atoms with E-state index in [4.69, 9.17) is 19.9 Å². The van der Waals surface area contributed by atoms with E-state index >= 15 is 0 Å². The summed E-state index contributed by atoms with van der Waals surface area (Å²) in [5.74, 6) is 1.25. The van der Waals surface area contributed by atoms with Crippen molar-refractivity contribution in [1.82, 2.24) is 14.9 Å². The van der Waals surface area contributed by atoms with E-state index in [1.54, 1.807) is 6.20 Å². The number of ether oxygens (including phenoxy) is 1. The zero-order valence-corrected chi connectivity index (χ0v) is 29.6. The topological polar surface area (TPSA) is 115 Å². The molecule has 1 aliphatic carbocycles. The zero-order chi connectivity index (χ0) is 31.7. The summed E-state index contributed by atoms with van der Waals surface area (Å²) in [6, 6.07) is 8.25. The standard InChI is InChI=1S/C32H47BrN6O3Si/c1-10-20-15-24(42-43(8,9)32(5,6)7)13-14-26(20)38-29(34)25-18-35-39-19-21(33)16-27(39)28(25)36-22-11-12-23(17-22)37-30(40)41-31(2,3)4/h13-16,18-19,22-23,36H,10-12,17H2,1-9H3,(H2,34,38)(H,37,40)/t22-,23+/m1/s1. The Kier molecular flexibility index (Phi) is 9.56. The van der Waals surface area contributed by atoms with Crippen LogP contribution in [0.15, 0.2) is 46.1 Å². The molecule has 1 aromatic carbocycles. The van der Waals surface area contributed by atoms with Crippen LogP contribution in [0.25, 0.3) is 5.52 Å². The van der Waals surface area contributed by atoms with E-state index in [9.17, 15) is 4.79 Å². The van der Waals surface area contributed by atoms with Crippen LogP contribution in [-0.2, 0) is 11.2 Å². The van der Waals surface area contributed by atoms with Gasteiger partial charge in [-0.05, 0) is 110 Å². The van der Waals surface area contributed by atoms with E-state index in [1.807, 2.05) is 49.7 Å². The number of amidine groups is 1. The zero-order valence-electron chi connectivity index (χ0n) is 27.0. The molecule has 1 saturated carbocycles. The molecule has 2 heterocycles. The lowest BCUT2D eigenvalue weighted by atomic mass is 10.1. The minimum absolute atomic E-state index is 0.0253. The number of halogens is 1. The molecule has 4 N–H and O–H groups in total. The maximum atomic E-state index is 12.4. The van der Waals surface area contributed by atoms with E-state index < -0.39 is 13.9 Å². The molecule has 4 rings (SSSR count). The Morgan fingerprint density at radius 3 is 2.51 bits per heavy atom. The molecule has 0 aliphatic heterocycles. The van der Waals surface area contributed by atoms with Crippen LogP contribution in [0.4, 0.5) is 16.2 Å². The van der Waals surface area contributed by atoms with E-state index in [-0.39, 0.29) is 23.2 Å². The highest BCUT2D eigenvalue weighted by molar-refractivity contribution is 9.10. The number of anilines is 1. The van der Waals surface area contributed by atoms with Gasteiger partial charge in [-0.25, -0.2) is 14.3 Å². The number of nitrogens with zero attached hydrogens (tertiary/aromatic N) is 3. The number of benzene rings is 1. The lowest BCUT2D eigenvalue weighted by molar-refractivity contribution is 0.0505. The second-order valence-electron chi connectivity index (χ2n) is 13.9. The molecule has 0 unspecified atom stereocenters. The number of fused-ring (bicyclic) bond motifs is 1. The number of aromatic nitrogens is 2. The first-order valence-corrected chi connectivity index (χ1v) is 18.8. The lowest BCUT2D eigenvalue weighted by Gasteiger charge is -2.36. The molecule has 1 aliphatic rings. The van der Waals surface area contributed by atoms with Crippen molar-refractivity contribution in [2.75, 3.05) is 5.32 Å². The molecule has 0 radical (unpaired) electrons. The maximum Gasteiger partial charge on any atom is 0.407 e. The molecule has 234 valence electrons. The molecule has 1 fully saturated rings. The van der Waals surface area contributed by atoms with Gasteiger partial charge in [0.25, 0.3) is 0 Å². The van der Waals surface area contributed by atoms with Crippen molar-refractivity contribution < 1.29 is 14.0 Å². The third-order valence-corrected chi connectivity index (χ3v) is 13.0. The average Bonchev–Trinajstić information content (AvgIpc) is 3.48. The Hall–Kier alpha value is -3.05. The Morgan fingerprint density at radius 1 is 1.16 bits per heavy atom. The number of rotatable bonds is 8. The number of aryl methyl sites for hydroxylation is 1. The number of hydrogen-bond acceptors (Lipinski definition) is 6. The molecule has 11 heteroatoms. The van der Waals surface area contributed by atoms with Crippen molar-refractivity contribution in [2.24, 2.45) is 10.7 Å². The van der Waals surface area contributed by atoms with E-state index in [0.717, 1.165) is 63.9 Å². The summed E-state index contributed by atoms with van der Waals surface area (Å²) in [5, 5.41) is 11.4. The smallest absolute Gasteiger partial charge is 0.407 e. The molecular formula is C32H47BrN6O3Si. The summed E-state index contributed by atoms with van der Waals surface area (Å²) in [7, 11) is -1.97. The summed E-state index contributed by atoms with van der Waals surface area (Å²) in [5.41, 5.74) is 10.5. The van der Waals surface area contributed by atoms with Gasteiger partial charge in [-0.15, -0.1) is 0 Å². The van der Waals surface area contributed by atoms with Gasteiger partial charge in [0.2, 0.25) is 8.32 Å². The van der Waals surface area contributed by atoms with Gasteiger partial charge in [-0.3, -0.25) is 0 Å². The Morgan fingerprint density at radius 2 is 1.86 bits per heavy atom. The quantitative estimate of drug-likeness (QED) is 0.127. The van der Waals surface area contributed by atoms with E-state index in [1.165, 1.54) is 0 Å². The summed E-state index contributed by atoms with van der Waals surface area (Å²) in [4.78, 5) is 17.3. The van der Waals surface area contributed by atoms with Crippen LogP contribution in [0, 0.1) is 0 Å². The predicted molar refractivity (Wildman–Crippen MR) is 181 cm³/mol. The summed E-state index contributed by atoms with van der Waals surface area (Å²) in [6.07, 6.45) is 6.59. The van der Waals surface area contributed by atoms with Crippen LogP contribution < -0.4 is 20.8 Å². The van der Waals surface area contributed by atoms with Gasteiger partial charge in [-0.1, -0.05) is 27.7 Å². The third-order valence-electron chi connectivity index (χ3n) is 8.23. The van der Waals surface area contributed by atoms with Crippen LogP contribution in [-0.4, -0.2) is 47.5 Å². The Balaban J connectivity index is 1.60. The predicted octanol–water partition coefficient (Wildman–Crippen LogP) is 7.94. The second-order valence-corrected chi connectivity index (χ2v) is 19.6. The SMILES string of the molecule is CCc1cc(O[Si](C)(C)C(C)(C)C)ccc1N=C(N)c1cnn2cc(Br)cc2c1N[C@@H]1CC[C@H](NC(=O)OC(C)(C)C)C1. The Bertz CT molecular complexity index is 1510. The fraction of sp³-hybridized carbons (Fsp3) is 0.531. The molecule has 3 aromatic rings. The van der Waals surface area contributed by atoms with Crippen molar-refractivity contribution in [3.8, 4) is 5.75 Å². The third kappa shape index (κ3) is 8.11. The minimum Gasteiger partial charge on any atom is -0.543 e. The molecule has 9 nitrogen and oxygen atoms in total. The summed E-state index contributed by atoms with van der Waals surface area (Å²) in [6.45, 7) is 18.9. The number of carbonyl (C=O) groups excluding carboxylic acids is 1. The van der Waals surface area contributed by atoms with Crippen LogP contribution >= 0.6 is 15.9 Å². The van der Waals surface area contributed by atoms with Crippen molar-refractivity contribution in [1.29, 1.82) is 0 Å². The van der Waals surface area contributed by atoms with Gasteiger partial charge in [0.15, 0.2) is 0 Å². The molecule has 2 atom stereocenters. The van der Waals surface area contributed by atoms with E-state index in [2.05, 4.69) is 78.5 Å². The summed E-state index contributed by atoms with van der Waals surface area (Å²) >= 11 is 3.59. The van der Waals surface area contributed by atoms with Gasteiger partial charge in [0.1, 0.15) is 17.2 Å². The highest BCUT2D eigenvalue weighted by atomic mass is 79.9. The van der Waals surface area contributed by atoms with Gasteiger partial charge >= 0.3 is 6.09 Å². The molecule has 2 aromatic heterocycles. The van der Waals surface area contributed by atoms with E-state index in [0.29, 0.717) is 5.84 Å².